The van der Waals surface area contributed by atoms with Gasteiger partial charge in [0.2, 0.25) is 0 Å². The highest BCUT2D eigenvalue weighted by Gasteiger charge is 2.52. The number of rotatable bonds is 2. The first-order valence-electron chi connectivity index (χ1n) is 5.90. The van der Waals surface area contributed by atoms with E-state index in [1.807, 2.05) is 0 Å². The number of carbonyl (C=O) groups excluding carboxylic acids is 1. The van der Waals surface area contributed by atoms with Crippen LogP contribution in [0.15, 0.2) is 24.3 Å². The second-order valence-electron chi connectivity index (χ2n) is 4.78. The van der Waals surface area contributed by atoms with Crippen molar-refractivity contribution in [1.29, 1.82) is 0 Å². The standard InChI is InChI=1S/C13H13F4NO/c1-8-6-9-4-2-3-5-10(9)18(7-8)12(19)13(16,17)11(14)15/h2-5,8,11H,6-7H2,1H3. The minimum Gasteiger partial charge on any atom is -0.306 e. The number of hydrogen-bond acceptors (Lipinski definition) is 1. The molecule has 0 saturated heterocycles. The van der Waals surface area contributed by atoms with Gasteiger partial charge >= 0.3 is 18.3 Å². The van der Waals surface area contributed by atoms with Crippen LogP contribution in [0.2, 0.25) is 0 Å². The zero-order valence-electron chi connectivity index (χ0n) is 10.2. The maximum atomic E-state index is 13.2. The Morgan fingerprint density at radius 3 is 2.63 bits per heavy atom. The van der Waals surface area contributed by atoms with Crippen LogP contribution in [-0.4, -0.2) is 24.8 Å². The molecule has 0 bridgehead atoms. The highest BCUT2D eigenvalue weighted by molar-refractivity contribution is 5.99. The van der Waals surface area contributed by atoms with Crippen LogP contribution in [0.5, 0.6) is 0 Å². The zero-order valence-corrected chi connectivity index (χ0v) is 10.2. The average molecular weight is 275 g/mol. The van der Waals surface area contributed by atoms with Gasteiger partial charge in [0.15, 0.2) is 0 Å². The third-order valence-electron chi connectivity index (χ3n) is 3.15. The van der Waals surface area contributed by atoms with Crippen molar-refractivity contribution in [2.75, 3.05) is 11.4 Å². The molecule has 0 aromatic heterocycles. The molecule has 6 heteroatoms. The number of carbonyl (C=O) groups is 1. The monoisotopic (exact) mass is 275 g/mol. The van der Waals surface area contributed by atoms with Crippen molar-refractivity contribution in [3.05, 3.63) is 29.8 Å². The maximum absolute atomic E-state index is 13.2. The zero-order chi connectivity index (χ0) is 14.2. The summed E-state index contributed by atoms with van der Waals surface area (Å²) in [6, 6.07) is 6.53. The number of halogens is 4. The van der Waals surface area contributed by atoms with E-state index in [4.69, 9.17) is 0 Å². The fourth-order valence-corrected chi connectivity index (χ4v) is 2.26. The van der Waals surface area contributed by atoms with Gasteiger partial charge in [-0.15, -0.1) is 0 Å². The number of anilines is 1. The number of amides is 1. The summed E-state index contributed by atoms with van der Waals surface area (Å²) in [4.78, 5) is 12.4. The summed E-state index contributed by atoms with van der Waals surface area (Å²) < 4.78 is 51.0. The van der Waals surface area contributed by atoms with Crippen molar-refractivity contribution < 1.29 is 22.4 Å². The van der Waals surface area contributed by atoms with Crippen LogP contribution in [0, 0.1) is 5.92 Å². The predicted molar refractivity (Wildman–Crippen MR) is 62.6 cm³/mol. The molecule has 1 unspecified atom stereocenters. The van der Waals surface area contributed by atoms with Crippen molar-refractivity contribution in [2.45, 2.75) is 25.7 Å². The fourth-order valence-electron chi connectivity index (χ4n) is 2.26. The van der Waals surface area contributed by atoms with Gasteiger partial charge < -0.3 is 4.90 Å². The molecule has 0 radical (unpaired) electrons. The van der Waals surface area contributed by atoms with Gasteiger partial charge in [0.1, 0.15) is 0 Å². The van der Waals surface area contributed by atoms with E-state index in [2.05, 4.69) is 0 Å². The van der Waals surface area contributed by atoms with Gasteiger partial charge in [-0.1, -0.05) is 25.1 Å². The fraction of sp³-hybridized carbons (Fsp3) is 0.462. The molecule has 1 amide bonds. The SMILES string of the molecule is CC1Cc2ccccc2N(C(=O)C(F)(F)C(F)F)C1. The normalized spacial score (nSPS) is 19.5. The Labute approximate surface area is 108 Å². The molecule has 1 atom stereocenters. The summed E-state index contributed by atoms with van der Waals surface area (Å²) in [5.74, 6) is -6.53. The van der Waals surface area contributed by atoms with Crippen LogP contribution in [0.25, 0.3) is 0 Å². The van der Waals surface area contributed by atoms with Gasteiger partial charge in [-0.05, 0) is 24.0 Å². The molecule has 1 heterocycles. The van der Waals surface area contributed by atoms with Crippen LogP contribution >= 0.6 is 0 Å². The third kappa shape index (κ3) is 2.43. The molecule has 0 saturated carbocycles. The number of benzene rings is 1. The third-order valence-corrected chi connectivity index (χ3v) is 3.15. The Kier molecular flexibility index (Phi) is 3.52. The Hall–Kier alpha value is -1.59. The van der Waals surface area contributed by atoms with Crippen LogP contribution in [0.3, 0.4) is 0 Å². The predicted octanol–water partition coefficient (Wildman–Crippen LogP) is 3.11. The molecule has 2 nitrogen and oxygen atoms in total. The first-order valence-corrected chi connectivity index (χ1v) is 5.90. The van der Waals surface area contributed by atoms with Crippen LogP contribution in [0.1, 0.15) is 12.5 Å². The minimum atomic E-state index is -4.65. The lowest BCUT2D eigenvalue weighted by Crippen LogP contribution is -2.51. The summed E-state index contributed by atoms with van der Waals surface area (Å²) in [6.45, 7) is 1.81. The molecule has 0 fully saturated rings. The van der Waals surface area contributed by atoms with E-state index in [0.717, 1.165) is 10.5 Å². The topological polar surface area (TPSA) is 20.3 Å². The Balaban J connectivity index is 2.38. The lowest BCUT2D eigenvalue weighted by atomic mass is 9.93. The smallest absolute Gasteiger partial charge is 0.306 e. The molecule has 1 aromatic rings. The van der Waals surface area contributed by atoms with E-state index >= 15 is 0 Å². The van der Waals surface area contributed by atoms with Crippen molar-refractivity contribution >= 4 is 11.6 Å². The van der Waals surface area contributed by atoms with Crippen molar-refractivity contribution in [3.8, 4) is 0 Å². The Morgan fingerprint density at radius 2 is 2.00 bits per heavy atom. The van der Waals surface area contributed by atoms with E-state index < -0.39 is 18.3 Å². The van der Waals surface area contributed by atoms with Gasteiger partial charge in [-0.25, -0.2) is 8.78 Å². The molecule has 2 rings (SSSR count). The summed E-state index contributed by atoms with van der Waals surface area (Å²) in [5.41, 5.74) is 1.02. The molecule has 104 valence electrons. The van der Waals surface area contributed by atoms with Crippen molar-refractivity contribution in [1.82, 2.24) is 0 Å². The second kappa shape index (κ2) is 4.83. The van der Waals surface area contributed by atoms with E-state index in [1.54, 1.807) is 25.1 Å². The summed E-state index contributed by atoms with van der Waals surface area (Å²) >= 11 is 0. The highest BCUT2D eigenvalue weighted by atomic mass is 19.3. The Morgan fingerprint density at radius 1 is 1.37 bits per heavy atom. The quantitative estimate of drug-likeness (QED) is 0.759. The lowest BCUT2D eigenvalue weighted by molar-refractivity contribution is -0.166. The number of fused-ring (bicyclic) bond motifs is 1. The van der Waals surface area contributed by atoms with E-state index in [-0.39, 0.29) is 12.5 Å². The first kappa shape index (κ1) is 13.8. The number of para-hydroxylation sites is 1. The molecule has 0 N–H and O–H groups in total. The van der Waals surface area contributed by atoms with Crippen molar-refractivity contribution in [2.24, 2.45) is 5.92 Å². The number of alkyl halides is 4. The summed E-state index contributed by atoms with van der Waals surface area (Å²) in [7, 11) is 0. The first-order chi connectivity index (χ1) is 8.84. The van der Waals surface area contributed by atoms with Crippen LogP contribution in [0.4, 0.5) is 23.2 Å². The van der Waals surface area contributed by atoms with Crippen LogP contribution < -0.4 is 4.90 Å². The maximum Gasteiger partial charge on any atom is 0.384 e. The minimum absolute atomic E-state index is 0.0259. The second-order valence-corrected chi connectivity index (χ2v) is 4.78. The highest BCUT2D eigenvalue weighted by Crippen LogP contribution is 2.34. The van der Waals surface area contributed by atoms with E-state index in [0.29, 0.717) is 12.1 Å². The molecular weight excluding hydrogens is 262 g/mol. The van der Waals surface area contributed by atoms with Crippen molar-refractivity contribution in [3.63, 3.8) is 0 Å². The molecule has 1 aliphatic rings. The molecule has 19 heavy (non-hydrogen) atoms. The van der Waals surface area contributed by atoms with Crippen LogP contribution in [-0.2, 0) is 11.2 Å². The summed E-state index contributed by atoms with van der Waals surface area (Å²) in [6.07, 6.45) is -3.36. The number of nitrogens with zero attached hydrogens (tertiary/aromatic N) is 1. The lowest BCUT2D eigenvalue weighted by Gasteiger charge is -2.34. The molecule has 0 spiro atoms. The van der Waals surface area contributed by atoms with Gasteiger partial charge in [-0.3, -0.25) is 4.79 Å². The number of hydrogen-bond donors (Lipinski definition) is 0. The van der Waals surface area contributed by atoms with Gasteiger partial charge in [0, 0.05) is 12.2 Å². The average Bonchev–Trinajstić information content (AvgIpc) is 2.36. The summed E-state index contributed by atoms with van der Waals surface area (Å²) in [5, 5.41) is 0. The van der Waals surface area contributed by atoms with Gasteiger partial charge in [-0.2, -0.15) is 8.78 Å². The molecule has 1 aliphatic heterocycles. The van der Waals surface area contributed by atoms with Gasteiger partial charge in [0.05, 0.1) is 0 Å². The Bertz CT molecular complexity index is 489. The van der Waals surface area contributed by atoms with E-state index in [1.165, 1.54) is 6.07 Å². The molecule has 0 aliphatic carbocycles. The molecule has 1 aromatic carbocycles. The van der Waals surface area contributed by atoms with E-state index in [9.17, 15) is 22.4 Å². The van der Waals surface area contributed by atoms with Gasteiger partial charge in [0.25, 0.3) is 0 Å². The largest absolute Gasteiger partial charge is 0.384 e. The molecular formula is C13H13F4NO.